The van der Waals surface area contributed by atoms with Crippen molar-refractivity contribution in [2.75, 3.05) is 5.32 Å². The Morgan fingerprint density at radius 3 is 2.75 bits per heavy atom. The van der Waals surface area contributed by atoms with Crippen molar-refractivity contribution in [2.24, 2.45) is 5.41 Å². The molecule has 0 radical (unpaired) electrons. The molecule has 142 valence electrons. The minimum absolute atomic E-state index is 0.274. The minimum atomic E-state index is 0.274. The molecule has 1 unspecified atom stereocenters. The van der Waals surface area contributed by atoms with Crippen LogP contribution in [0.3, 0.4) is 0 Å². The average Bonchev–Trinajstić information content (AvgIpc) is 3.24. The van der Waals surface area contributed by atoms with E-state index < -0.39 is 0 Å². The number of aromatic amines is 1. The molecule has 0 aliphatic heterocycles. The predicted molar refractivity (Wildman–Crippen MR) is 106 cm³/mol. The molecule has 3 aromatic heterocycles. The number of hydrogen-bond donors (Lipinski definition) is 2. The lowest BCUT2D eigenvalue weighted by atomic mass is 9.84. The van der Waals surface area contributed by atoms with E-state index in [4.69, 9.17) is 0 Å². The first-order valence-corrected chi connectivity index (χ1v) is 9.50. The first-order chi connectivity index (χ1) is 13.5. The third-order valence-electron chi connectivity index (χ3n) is 5.53. The summed E-state index contributed by atoms with van der Waals surface area (Å²) in [6, 6.07) is 5.91. The Labute approximate surface area is 164 Å². The Morgan fingerprint density at radius 1 is 1.25 bits per heavy atom. The number of rotatable bonds is 5. The van der Waals surface area contributed by atoms with Gasteiger partial charge in [0.25, 0.3) is 0 Å². The van der Waals surface area contributed by atoms with Gasteiger partial charge in [-0.1, -0.05) is 20.3 Å². The number of aromatic nitrogens is 5. The van der Waals surface area contributed by atoms with Gasteiger partial charge in [-0.3, -0.25) is 5.10 Å². The number of fused-ring (bicyclic) bond motifs is 1. The largest absolute Gasteiger partial charge is 0.366 e. The molecular weight excluding hydrogens is 350 g/mol. The van der Waals surface area contributed by atoms with E-state index >= 15 is 0 Å². The molecule has 0 saturated carbocycles. The van der Waals surface area contributed by atoms with Gasteiger partial charge >= 0.3 is 0 Å². The minimum Gasteiger partial charge on any atom is -0.366 e. The van der Waals surface area contributed by atoms with Crippen molar-refractivity contribution in [1.82, 2.24) is 25.1 Å². The summed E-state index contributed by atoms with van der Waals surface area (Å²) in [4.78, 5) is 12.8. The van der Waals surface area contributed by atoms with Gasteiger partial charge in [-0.2, -0.15) is 10.4 Å². The molecular formula is C21H23N7. The van der Waals surface area contributed by atoms with E-state index in [9.17, 15) is 5.26 Å². The van der Waals surface area contributed by atoms with Gasteiger partial charge < -0.3 is 5.32 Å². The number of anilines is 1. The summed E-state index contributed by atoms with van der Waals surface area (Å²) in [5.41, 5.74) is 5.90. The van der Waals surface area contributed by atoms with Gasteiger partial charge in [0.15, 0.2) is 0 Å². The van der Waals surface area contributed by atoms with Crippen molar-refractivity contribution in [3.8, 4) is 17.3 Å². The molecule has 1 atom stereocenters. The summed E-state index contributed by atoms with van der Waals surface area (Å²) in [6.07, 6.45) is 6.71. The van der Waals surface area contributed by atoms with Crippen LogP contribution < -0.4 is 5.32 Å². The SMILES string of the molecule is CCC1(C)Cc2[nH]nc(-c3cc(C#N)nc(NCc4cnc(C)nc4)c3)c2C1. The quantitative estimate of drug-likeness (QED) is 0.709. The van der Waals surface area contributed by atoms with Crippen LogP contribution in [0.2, 0.25) is 0 Å². The lowest BCUT2D eigenvalue weighted by molar-refractivity contribution is 0.329. The van der Waals surface area contributed by atoms with Crippen LogP contribution in [0.4, 0.5) is 5.82 Å². The van der Waals surface area contributed by atoms with Gasteiger partial charge in [-0.05, 0) is 37.3 Å². The van der Waals surface area contributed by atoms with Crippen LogP contribution in [0.5, 0.6) is 0 Å². The van der Waals surface area contributed by atoms with E-state index in [-0.39, 0.29) is 5.41 Å². The van der Waals surface area contributed by atoms with Gasteiger partial charge in [-0.15, -0.1) is 0 Å². The zero-order valence-electron chi connectivity index (χ0n) is 16.4. The van der Waals surface area contributed by atoms with E-state index in [0.717, 1.165) is 41.9 Å². The molecule has 3 aromatic rings. The fourth-order valence-electron chi connectivity index (χ4n) is 3.66. The lowest BCUT2D eigenvalue weighted by Crippen LogP contribution is -2.15. The zero-order chi connectivity index (χ0) is 19.7. The summed E-state index contributed by atoms with van der Waals surface area (Å²) in [7, 11) is 0. The summed E-state index contributed by atoms with van der Waals surface area (Å²) in [6.45, 7) is 6.94. The van der Waals surface area contributed by atoms with Gasteiger partial charge in [0.05, 0.1) is 5.69 Å². The molecule has 7 nitrogen and oxygen atoms in total. The maximum Gasteiger partial charge on any atom is 0.143 e. The maximum atomic E-state index is 9.43. The molecule has 0 amide bonds. The van der Waals surface area contributed by atoms with Crippen LogP contribution in [-0.4, -0.2) is 25.1 Å². The van der Waals surface area contributed by atoms with Crippen molar-refractivity contribution < 1.29 is 0 Å². The number of H-pyrrole nitrogens is 1. The highest BCUT2D eigenvalue weighted by molar-refractivity contribution is 5.69. The molecule has 1 aliphatic carbocycles. The molecule has 0 saturated heterocycles. The third-order valence-corrected chi connectivity index (χ3v) is 5.53. The molecule has 0 bridgehead atoms. The first kappa shape index (κ1) is 18.1. The van der Waals surface area contributed by atoms with Crippen molar-refractivity contribution in [3.05, 3.63) is 52.9 Å². The highest BCUT2D eigenvalue weighted by atomic mass is 15.1. The summed E-state index contributed by atoms with van der Waals surface area (Å²) in [5.74, 6) is 1.38. The summed E-state index contributed by atoms with van der Waals surface area (Å²) in [5, 5.41) is 20.4. The fourth-order valence-corrected chi connectivity index (χ4v) is 3.66. The maximum absolute atomic E-state index is 9.43. The van der Waals surface area contributed by atoms with Crippen LogP contribution >= 0.6 is 0 Å². The van der Waals surface area contributed by atoms with Gasteiger partial charge in [0.1, 0.15) is 23.4 Å². The van der Waals surface area contributed by atoms with Gasteiger partial charge in [-0.25, -0.2) is 15.0 Å². The Hall–Kier alpha value is -3.27. The Morgan fingerprint density at radius 2 is 2.04 bits per heavy atom. The molecule has 0 spiro atoms. The average molecular weight is 373 g/mol. The normalized spacial score (nSPS) is 17.9. The van der Waals surface area contributed by atoms with Crippen molar-refractivity contribution >= 4 is 5.82 Å². The number of aryl methyl sites for hydroxylation is 1. The Balaban J connectivity index is 1.62. The van der Waals surface area contributed by atoms with Crippen LogP contribution in [-0.2, 0) is 19.4 Å². The molecule has 2 N–H and O–H groups in total. The molecule has 0 fully saturated rings. The van der Waals surface area contributed by atoms with Gasteiger partial charge in [0, 0.05) is 41.3 Å². The zero-order valence-corrected chi connectivity index (χ0v) is 16.4. The van der Waals surface area contributed by atoms with E-state index in [0.29, 0.717) is 18.1 Å². The number of nitrogens with zero attached hydrogens (tertiary/aromatic N) is 5. The number of pyridine rings is 1. The molecule has 4 rings (SSSR count). The second-order valence-corrected chi connectivity index (χ2v) is 7.78. The number of hydrogen-bond acceptors (Lipinski definition) is 6. The van der Waals surface area contributed by atoms with E-state index in [1.165, 1.54) is 11.3 Å². The fraction of sp³-hybridized carbons (Fsp3) is 0.381. The lowest BCUT2D eigenvalue weighted by Gasteiger charge is -2.20. The van der Waals surface area contributed by atoms with E-state index in [1.807, 2.05) is 13.0 Å². The highest BCUT2D eigenvalue weighted by Gasteiger charge is 2.35. The van der Waals surface area contributed by atoms with Crippen LogP contribution in [0.25, 0.3) is 11.3 Å². The number of nitrogens with one attached hydrogen (secondary N) is 2. The Kier molecular flexibility index (Phi) is 4.55. The highest BCUT2D eigenvalue weighted by Crippen LogP contribution is 2.42. The van der Waals surface area contributed by atoms with Crippen LogP contribution in [0, 0.1) is 23.7 Å². The topological polar surface area (TPSA) is 103 Å². The molecule has 0 aromatic carbocycles. The second kappa shape index (κ2) is 7.04. The predicted octanol–water partition coefficient (Wildman–Crippen LogP) is 3.57. The second-order valence-electron chi connectivity index (χ2n) is 7.78. The molecule has 28 heavy (non-hydrogen) atoms. The Bertz CT molecular complexity index is 1050. The van der Waals surface area contributed by atoms with Crippen molar-refractivity contribution in [3.63, 3.8) is 0 Å². The van der Waals surface area contributed by atoms with E-state index in [2.05, 4.69) is 50.4 Å². The molecule has 7 heteroatoms. The molecule has 3 heterocycles. The monoisotopic (exact) mass is 373 g/mol. The van der Waals surface area contributed by atoms with Crippen molar-refractivity contribution in [2.45, 2.75) is 46.6 Å². The summed E-state index contributed by atoms with van der Waals surface area (Å²) >= 11 is 0. The van der Waals surface area contributed by atoms with Crippen molar-refractivity contribution in [1.29, 1.82) is 5.26 Å². The standard InChI is InChI=1S/C21H23N7/c1-4-21(3)7-17-18(8-21)27-28-20(17)15-5-16(9-22)26-19(6-15)25-12-14-10-23-13(2)24-11-14/h5-6,10-11H,4,7-8,12H2,1-3H3,(H,25,26)(H,27,28). The number of nitriles is 1. The third kappa shape index (κ3) is 3.46. The smallest absolute Gasteiger partial charge is 0.143 e. The van der Waals surface area contributed by atoms with Gasteiger partial charge in [0.2, 0.25) is 0 Å². The first-order valence-electron chi connectivity index (χ1n) is 9.50. The molecule has 1 aliphatic rings. The summed E-state index contributed by atoms with van der Waals surface area (Å²) < 4.78 is 0. The van der Waals surface area contributed by atoms with E-state index in [1.54, 1.807) is 18.5 Å². The van der Waals surface area contributed by atoms with Crippen LogP contribution in [0.1, 0.15) is 48.6 Å². The van der Waals surface area contributed by atoms with Crippen LogP contribution in [0.15, 0.2) is 24.5 Å².